The van der Waals surface area contributed by atoms with Crippen LogP contribution in [0.3, 0.4) is 0 Å². The Labute approximate surface area is 111 Å². The molecule has 2 N–H and O–H groups in total. The zero-order valence-electron chi connectivity index (χ0n) is 10.9. The monoisotopic (exact) mass is 260 g/mol. The number of anilines is 2. The number of carbonyl (C=O) groups is 1. The molecule has 100 valence electrons. The summed E-state index contributed by atoms with van der Waals surface area (Å²) in [4.78, 5) is 16.3. The quantitative estimate of drug-likeness (QED) is 0.863. The summed E-state index contributed by atoms with van der Waals surface area (Å²) in [6.45, 7) is 4.75. The summed E-state index contributed by atoms with van der Waals surface area (Å²) in [5, 5.41) is 9.51. The SMILES string of the molecule is CCCNc1cc(C)ncc1C(=O)Nc1ccon1. The molecule has 0 fully saturated rings. The first-order valence-electron chi connectivity index (χ1n) is 6.13. The molecule has 0 aromatic carbocycles. The Morgan fingerprint density at radius 3 is 3.00 bits per heavy atom. The number of aryl methyl sites for hydroxylation is 1. The minimum Gasteiger partial charge on any atom is -0.384 e. The molecule has 1 amide bonds. The molecule has 2 aromatic rings. The van der Waals surface area contributed by atoms with Gasteiger partial charge < -0.3 is 15.2 Å². The number of carbonyl (C=O) groups excluding carboxylic acids is 1. The summed E-state index contributed by atoms with van der Waals surface area (Å²) in [6.07, 6.45) is 3.94. The van der Waals surface area contributed by atoms with Crippen LogP contribution in [0.1, 0.15) is 29.4 Å². The predicted molar refractivity (Wildman–Crippen MR) is 72.2 cm³/mol. The summed E-state index contributed by atoms with van der Waals surface area (Å²) in [5.41, 5.74) is 2.12. The molecule has 0 atom stereocenters. The third-order valence-corrected chi connectivity index (χ3v) is 2.53. The van der Waals surface area contributed by atoms with Crippen molar-refractivity contribution in [1.82, 2.24) is 10.1 Å². The van der Waals surface area contributed by atoms with Crippen molar-refractivity contribution in [2.75, 3.05) is 17.2 Å². The van der Waals surface area contributed by atoms with Gasteiger partial charge in [0.15, 0.2) is 5.82 Å². The van der Waals surface area contributed by atoms with E-state index in [1.807, 2.05) is 13.0 Å². The maximum atomic E-state index is 12.1. The molecule has 0 aliphatic carbocycles. The summed E-state index contributed by atoms with van der Waals surface area (Å²) in [5.74, 6) is 0.118. The average Bonchev–Trinajstić information content (AvgIpc) is 2.89. The summed E-state index contributed by atoms with van der Waals surface area (Å²) in [6, 6.07) is 3.44. The summed E-state index contributed by atoms with van der Waals surface area (Å²) >= 11 is 0. The first-order valence-corrected chi connectivity index (χ1v) is 6.13. The molecule has 6 nitrogen and oxygen atoms in total. The van der Waals surface area contributed by atoms with Gasteiger partial charge in [0.2, 0.25) is 0 Å². The molecule has 2 rings (SSSR count). The van der Waals surface area contributed by atoms with Crippen molar-refractivity contribution in [3.8, 4) is 0 Å². The molecule has 0 bridgehead atoms. The molecule has 6 heteroatoms. The maximum absolute atomic E-state index is 12.1. The Kier molecular flexibility index (Phi) is 4.12. The highest BCUT2D eigenvalue weighted by atomic mass is 16.5. The molecule has 0 aliphatic heterocycles. The first kappa shape index (κ1) is 13.1. The number of pyridine rings is 1. The molecular formula is C13H16N4O2. The van der Waals surface area contributed by atoms with E-state index in [4.69, 9.17) is 0 Å². The van der Waals surface area contributed by atoms with Crippen molar-refractivity contribution in [3.05, 3.63) is 35.9 Å². The van der Waals surface area contributed by atoms with Gasteiger partial charge in [-0.2, -0.15) is 0 Å². The van der Waals surface area contributed by atoms with Crippen LogP contribution >= 0.6 is 0 Å². The highest BCUT2D eigenvalue weighted by Gasteiger charge is 2.13. The van der Waals surface area contributed by atoms with E-state index in [2.05, 4.69) is 32.2 Å². The van der Waals surface area contributed by atoms with E-state index >= 15 is 0 Å². The minimum absolute atomic E-state index is 0.264. The van der Waals surface area contributed by atoms with Gasteiger partial charge in [0.25, 0.3) is 5.91 Å². The summed E-state index contributed by atoms with van der Waals surface area (Å²) in [7, 11) is 0. The second-order valence-corrected chi connectivity index (χ2v) is 4.14. The molecule has 0 spiro atoms. The van der Waals surface area contributed by atoms with Crippen LogP contribution < -0.4 is 10.6 Å². The van der Waals surface area contributed by atoms with Crippen LogP contribution in [0.15, 0.2) is 29.1 Å². The smallest absolute Gasteiger partial charge is 0.260 e. The van der Waals surface area contributed by atoms with Crippen LogP contribution in [0.4, 0.5) is 11.5 Å². The fraction of sp³-hybridized carbons (Fsp3) is 0.308. The molecule has 19 heavy (non-hydrogen) atoms. The lowest BCUT2D eigenvalue weighted by Gasteiger charge is -2.11. The van der Waals surface area contributed by atoms with Crippen LogP contribution in [0.2, 0.25) is 0 Å². The third-order valence-electron chi connectivity index (χ3n) is 2.53. The van der Waals surface area contributed by atoms with Crippen molar-refractivity contribution in [2.24, 2.45) is 0 Å². The highest BCUT2D eigenvalue weighted by Crippen LogP contribution is 2.17. The molecule has 0 aliphatic rings. The van der Waals surface area contributed by atoms with Gasteiger partial charge in [-0.05, 0) is 19.4 Å². The van der Waals surface area contributed by atoms with Crippen molar-refractivity contribution in [3.63, 3.8) is 0 Å². The normalized spacial score (nSPS) is 10.2. The van der Waals surface area contributed by atoms with Crippen LogP contribution in [-0.4, -0.2) is 22.6 Å². The average molecular weight is 260 g/mol. The van der Waals surface area contributed by atoms with Crippen molar-refractivity contribution in [2.45, 2.75) is 20.3 Å². The number of hydrogen-bond acceptors (Lipinski definition) is 5. The number of hydrogen-bond donors (Lipinski definition) is 2. The Balaban J connectivity index is 2.20. The Morgan fingerprint density at radius 1 is 1.47 bits per heavy atom. The summed E-state index contributed by atoms with van der Waals surface area (Å²) < 4.78 is 4.67. The van der Waals surface area contributed by atoms with Crippen LogP contribution in [0, 0.1) is 6.92 Å². The maximum Gasteiger partial charge on any atom is 0.260 e. The zero-order valence-corrected chi connectivity index (χ0v) is 10.9. The van der Waals surface area contributed by atoms with E-state index in [1.54, 1.807) is 12.3 Å². The minimum atomic E-state index is -0.264. The van der Waals surface area contributed by atoms with Crippen LogP contribution in [0.25, 0.3) is 0 Å². The number of nitrogens with zero attached hydrogens (tertiary/aromatic N) is 2. The lowest BCUT2D eigenvalue weighted by atomic mass is 10.2. The highest BCUT2D eigenvalue weighted by molar-refractivity contribution is 6.07. The fourth-order valence-electron chi connectivity index (χ4n) is 1.61. The third kappa shape index (κ3) is 3.31. The van der Waals surface area contributed by atoms with Crippen molar-refractivity contribution >= 4 is 17.4 Å². The Morgan fingerprint density at radius 2 is 2.32 bits per heavy atom. The second kappa shape index (κ2) is 5.99. The van der Waals surface area contributed by atoms with Gasteiger partial charge in [-0.15, -0.1) is 0 Å². The molecule has 0 unspecified atom stereocenters. The van der Waals surface area contributed by atoms with Crippen LogP contribution in [-0.2, 0) is 0 Å². The molecule has 0 radical (unpaired) electrons. The number of nitrogens with one attached hydrogen (secondary N) is 2. The lowest BCUT2D eigenvalue weighted by Crippen LogP contribution is -2.16. The molecule has 0 saturated heterocycles. The number of rotatable bonds is 5. The number of aromatic nitrogens is 2. The van der Waals surface area contributed by atoms with E-state index in [1.165, 1.54) is 6.26 Å². The van der Waals surface area contributed by atoms with Gasteiger partial charge in [0.1, 0.15) is 6.26 Å². The first-order chi connectivity index (χ1) is 9.20. The van der Waals surface area contributed by atoms with Gasteiger partial charge in [0.05, 0.1) is 11.3 Å². The van der Waals surface area contributed by atoms with E-state index in [-0.39, 0.29) is 5.91 Å². The van der Waals surface area contributed by atoms with E-state index < -0.39 is 0 Å². The Hall–Kier alpha value is -2.37. The van der Waals surface area contributed by atoms with Gasteiger partial charge in [-0.25, -0.2) is 0 Å². The topological polar surface area (TPSA) is 80.0 Å². The molecule has 2 aromatic heterocycles. The van der Waals surface area contributed by atoms with E-state index in [9.17, 15) is 4.79 Å². The van der Waals surface area contributed by atoms with Crippen LogP contribution in [0.5, 0.6) is 0 Å². The van der Waals surface area contributed by atoms with Crippen molar-refractivity contribution in [1.29, 1.82) is 0 Å². The van der Waals surface area contributed by atoms with Crippen molar-refractivity contribution < 1.29 is 9.32 Å². The van der Waals surface area contributed by atoms with Gasteiger partial charge in [0, 0.05) is 24.5 Å². The van der Waals surface area contributed by atoms with E-state index in [0.717, 1.165) is 24.3 Å². The second-order valence-electron chi connectivity index (χ2n) is 4.14. The standard InChI is InChI=1S/C13H16N4O2/c1-3-5-14-11-7-9(2)15-8-10(11)13(18)16-12-4-6-19-17-12/h4,6-8H,3,5H2,1-2H3,(H,14,15)(H,16,17,18). The zero-order chi connectivity index (χ0) is 13.7. The van der Waals surface area contributed by atoms with Gasteiger partial charge in [-0.3, -0.25) is 9.78 Å². The lowest BCUT2D eigenvalue weighted by molar-refractivity contribution is 0.102. The number of amides is 1. The molecule has 2 heterocycles. The largest absolute Gasteiger partial charge is 0.384 e. The molecule has 0 saturated carbocycles. The van der Waals surface area contributed by atoms with Gasteiger partial charge in [-0.1, -0.05) is 12.1 Å². The van der Waals surface area contributed by atoms with E-state index in [0.29, 0.717) is 11.4 Å². The van der Waals surface area contributed by atoms with Gasteiger partial charge >= 0.3 is 0 Å². The predicted octanol–water partition coefficient (Wildman–Crippen LogP) is 2.45. The molecular weight excluding hydrogens is 244 g/mol. The fourth-order valence-corrected chi connectivity index (χ4v) is 1.61. The Bertz CT molecular complexity index is 552.